The maximum Gasteiger partial charge on any atom is 0.137 e. The van der Waals surface area contributed by atoms with Gasteiger partial charge in [-0.05, 0) is 43.9 Å². The Morgan fingerprint density at radius 3 is 2.71 bits per heavy atom. The van der Waals surface area contributed by atoms with E-state index < -0.39 is 0 Å². The van der Waals surface area contributed by atoms with Crippen molar-refractivity contribution >= 4 is 17.5 Å². The molecule has 1 rings (SSSR count). The fourth-order valence-corrected chi connectivity index (χ4v) is 3.76. The zero-order chi connectivity index (χ0) is 12.8. The maximum absolute atomic E-state index is 11.9. The molecule has 1 N–H and O–H groups in total. The van der Waals surface area contributed by atoms with Gasteiger partial charge in [0.1, 0.15) is 5.78 Å². The van der Waals surface area contributed by atoms with E-state index in [-0.39, 0.29) is 18.4 Å². The Bertz CT molecular complexity index is 293. The summed E-state index contributed by atoms with van der Waals surface area (Å²) in [5, 5.41) is 9.34. The van der Waals surface area contributed by atoms with Gasteiger partial charge in [0, 0.05) is 24.7 Å². The molecule has 1 aliphatic carbocycles. The van der Waals surface area contributed by atoms with Crippen LogP contribution in [0.2, 0.25) is 0 Å². The fourth-order valence-electron chi connectivity index (χ4n) is 2.43. The second-order valence-electron chi connectivity index (χ2n) is 5.00. The van der Waals surface area contributed by atoms with Crippen molar-refractivity contribution < 1.29 is 9.90 Å². The van der Waals surface area contributed by atoms with Crippen LogP contribution in [-0.4, -0.2) is 23.2 Å². The van der Waals surface area contributed by atoms with Gasteiger partial charge in [0.2, 0.25) is 0 Å². The Balaban J connectivity index is 2.59. The molecule has 0 saturated heterocycles. The van der Waals surface area contributed by atoms with Crippen molar-refractivity contribution in [3.05, 3.63) is 10.5 Å². The van der Waals surface area contributed by atoms with Gasteiger partial charge in [-0.1, -0.05) is 12.5 Å². The van der Waals surface area contributed by atoms with Crippen LogP contribution in [0.4, 0.5) is 0 Å². The van der Waals surface area contributed by atoms with E-state index in [1.165, 1.54) is 10.5 Å². The summed E-state index contributed by atoms with van der Waals surface area (Å²) in [5.74, 6) is 1.46. The molecule has 1 saturated carbocycles. The Hall–Kier alpha value is -0.280. The van der Waals surface area contributed by atoms with Crippen molar-refractivity contribution in [1.82, 2.24) is 0 Å². The number of ketones is 1. The second-order valence-corrected chi connectivity index (χ2v) is 6.11. The number of carbonyl (C=O) groups is 1. The average Bonchev–Trinajstić information content (AvgIpc) is 2.31. The largest absolute Gasteiger partial charge is 0.396 e. The molecule has 98 valence electrons. The molecular weight excluding hydrogens is 232 g/mol. The van der Waals surface area contributed by atoms with Crippen LogP contribution in [-0.2, 0) is 4.79 Å². The summed E-state index contributed by atoms with van der Waals surface area (Å²) in [7, 11) is 0. The SMILES string of the molecule is CCC(SCC1C(=O)CCCC1CO)=C(C)C. The van der Waals surface area contributed by atoms with Crippen LogP contribution in [0.5, 0.6) is 0 Å². The molecule has 2 unspecified atom stereocenters. The van der Waals surface area contributed by atoms with Crippen molar-refractivity contribution in [2.75, 3.05) is 12.4 Å². The highest BCUT2D eigenvalue weighted by atomic mass is 32.2. The molecule has 0 heterocycles. The number of rotatable bonds is 5. The van der Waals surface area contributed by atoms with Gasteiger partial charge in [-0.2, -0.15) is 0 Å². The molecule has 1 aliphatic rings. The van der Waals surface area contributed by atoms with E-state index in [1.54, 1.807) is 11.8 Å². The minimum Gasteiger partial charge on any atom is -0.396 e. The van der Waals surface area contributed by atoms with Crippen LogP contribution in [0.3, 0.4) is 0 Å². The average molecular weight is 256 g/mol. The van der Waals surface area contributed by atoms with Gasteiger partial charge in [-0.25, -0.2) is 0 Å². The molecule has 0 spiro atoms. The minimum atomic E-state index is 0.0691. The number of Topliss-reactive ketones (excluding diaryl/α,β-unsaturated/α-hetero) is 1. The van der Waals surface area contributed by atoms with Crippen molar-refractivity contribution in [1.29, 1.82) is 0 Å². The molecule has 0 amide bonds. The van der Waals surface area contributed by atoms with Gasteiger partial charge >= 0.3 is 0 Å². The third kappa shape index (κ3) is 4.14. The normalized spacial score (nSPS) is 24.8. The molecule has 0 radical (unpaired) electrons. The summed E-state index contributed by atoms with van der Waals surface area (Å²) in [6, 6.07) is 0. The lowest BCUT2D eigenvalue weighted by atomic mass is 9.80. The number of hydrogen-bond donors (Lipinski definition) is 1. The highest BCUT2D eigenvalue weighted by molar-refractivity contribution is 8.03. The first-order chi connectivity index (χ1) is 8.10. The third-order valence-corrected chi connectivity index (χ3v) is 5.10. The van der Waals surface area contributed by atoms with Crippen LogP contribution < -0.4 is 0 Å². The summed E-state index contributed by atoms with van der Waals surface area (Å²) in [6.45, 7) is 6.56. The van der Waals surface area contributed by atoms with Crippen molar-refractivity contribution in [2.45, 2.75) is 46.5 Å². The van der Waals surface area contributed by atoms with E-state index >= 15 is 0 Å². The maximum atomic E-state index is 11.9. The lowest BCUT2D eigenvalue weighted by Crippen LogP contribution is -2.32. The molecule has 1 fully saturated rings. The monoisotopic (exact) mass is 256 g/mol. The minimum absolute atomic E-state index is 0.0691. The summed E-state index contributed by atoms with van der Waals surface area (Å²) >= 11 is 1.81. The van der Waals surface area contributed by atoms with Crippen LogP contribution in [0, 0.1) is 11.8 Å². The van der Waals surface area contributed by atoms with Gasteiger partial charge in [0.25, 0.3) is 0 Å². The van der Waals surface area contributed by atoms with Crippen molar-refractivity contribution in [3.63, 3.8) is 0 Å². The van der Waals surface area contributed by atoms with Crippen molar-refractivity contribution in [2.24, 2.45) is 11.8 Å². The first-order valence-electron chi connectivity index (χ1n) is 6.52. The number of allylic oxidation sites excluding steroid dienone is 2. The number of aliphatic hydroxyl groups is 1. The molecule has 2 atom stereocenters. The smallest absolute Gasteiger partial charge is 0.137 e. The van der Waals surface area contributed by atoms with E-state index in [1.807, 2.05) is 0 Å². The molecular formula is C14H24O2S. The van der Waals surface area contributed by atoms with E-state index in [9.17, 15) is 9.90 Å². The second kappa shape index (κ2) is 7.22. The van der Waals surface area contributed by atoms with Gasteiger partial charge in [0.15, 0.2) is 0 Å². The molecule has 0 aromatic carbocycles. The Kier molecular flexibility index (Phi) is 6.28. The standard InChI is InChI=1S/C14H24O2S/c1-4-14(10(2)3)17-9-12-11(8-15)6-5-7-13(12)16/h11-12,15H,4-9H2,1-3H3. The molecule has 2 nitrogen and oxygen atoms in total. The summed E-state index contributed by atoms with van der Waals surface area (Å²) < 4.78 is 0. The predicted octanol–water partition coefficient (Wildman–Crippen LogP) is 3.40. The zero-order valence-electron chi connectivity index (χ0n) is 11.2. The molecule has 0 aliphatic heterocycles. The predicted molar refractivity (Wildman–Crippen MR) is 74.0 cm³/mol. The van der Waals surface area contributed by atoms with Gasteiger partial charge in [-0.15, -0.1) is 11.8 Å². The molecule has 0 aromatic rings. The zero-order valence-corrected chi connectivity index (χ0v) is 12.0. The van der Waals surface area contributed by atoms with Gasteiger partial charge < -0.3 is 5.11 Å². The highest BCUT2D eigenvalue weighted by Gasteiger charge is 2.31. The number of aliphatic hydroxyl groups excluding tert-OH is 1. The third-order valence-electron chi connectivity index (χ3n) is 3.53. The van der Waals surface area contributed by atoms with E-state index in [4.69, 9.17) is 0 Å². The highest BCUT2D eigenvalue weighted by Crippen LogP contribution is 2.33. The number of hydrogen-bond acceptors (Lipinski definition) is 3. The first-order valence-corrected chi connectivity index (χ1v) is 7.51. The fraction of sp³-hybridized carbons (Fsp3) is 0.786. The molecule has 3 heteroatoms. The van der Waals surface area contributed by atoms with Crippen molar-refractivity contribution in [3.8, 4) is 0 Å². The topological polar surface area (TPSA) is 37.3 Å². The van der Waals surface area contributed by atoms with Crippen LogP contribution in [0.1, 0.15) is 46.5 Å². The Labute approximate surface area is 109 Å². The van der Waals surface area contributed by atoms with Gasteiger partial charge in [0.05, 0.1) is 0 Å². The number of thioether (sulfide) groups is 1. The lowest BCUT2D eigenvalue weighted by Gasteiger charge is -2.29. The van der Waals surface area contributed by atoms with Gasteiger partial charge in [-0.3, -0.25) is 4.79 Å². The molecule has 17 heavy (non-hydrogen) atoms. The lowest BCUT2D eigenvalue weighted by molar-refractivity contribution is -0.126. The summed E-state index contributed by atoms with van der Waals surface area (Å²) in [6.07, 6.45) is 3.70. The van der Waals surface area contributed by atoms with Crippen LogP contribution >= 0.6 is 11.8 Å². The Morgan fingerprint density at radius 1 is 1.47 bits per heavy atom. The molecule has 0 bridgehead atoms. The molecule has 0 aromatic heterocycles. The van der Waals surface area contributed by atoms with E-state index in [0.29, 0.717) is 12.2 Å². The van der Waals surface area contributed by atoms with E-state index in [0.717, 1.165) is 25.0 Å². The summed E-state index contributed by atoms with van der Waals surface area (Å²) in [5.41, 5.74) is 1.35. The Morgan fingerprint density at radius 2 is 2.18 bits per heavy atom. The van der Waals surface area contributed by atoms with Crippen LogP contribution in [0.25, 0.3) is 0 Å². The van der Waals surface area contributed by atoms with E-state index in [2.05, 4.69) is 20.8 Å². The first kappa shape index (κ1) is 14.8. The quantitative estimate of drug-likeness (QED) is 0.819. The summed E-state index contributed by atoms with van der Waals surface area (Å²) in [4.78, 5) is 13.3. The number of carbonyl (C=O) groups excluding carboxylic acids is 1. The van der Waals surface area contributed by atoms with Crippen LogP contribution in [0.15, 0.2) is 10.5 Å².